The molecule has 0 fully saturated rings. The number of ether oxygens (including phenoxy) is 1. The molecule has 0 saturated heterocycles. The third kappa shape index (κ3) is 2.63. The third-order valence-electron chi connectivity index (χ3n) is 2.54. The average Bonchev–Trinajstić information content (AvgIpc) is 2.88. The minimum absolute atomic E-state index is 0.0363. The van der Waals surface area contributed by atoms with E-state index in [-0.39, 0.29) is 24.1 Å². The molecule has 0 spiro atoms. The van der Waals surface area contributed by atoms with Crippen molar-refractivity contribution >= 4 is 11.7 Å². The SMILES string of the molecule is CCOC(=O)c1nnc(-c2cc([N+](=O)[O-])ccc2C)o1. The first-order valence-corrected chi connectivity index (χ1v) is 5.79. The zero-order valence-electron chi connectivity index (χ0n) is 10.8. The number of hydrogen-bond donors (Lipinski definition) is 0. The van der Waals surface area contributed by atoms with Crippen molar-refractivity contribution in [1.82, 2.24) is 10.2 Å². The third-order valence-corrected chi connectivity index (χ3v) is 2.54. The van der Waals surface area contributed by atoms with Crippen LogP contribution >= 0.6 is 0 Å². The van der Waals surface area contributed by atoms with Gasteiger partial charge >= 0.3 is 11.9 Å². The molecule has 0 aliphatic carbocycles. The lowest BCUT2D eigenvalue weighted by Gasteiger charge is -2.00. The molecule has 1 aromatic heterocycles. The van der Waals surface area contributed by atoms with Gasteiger partial charge in [-0.25, -0.2) is 4.79 Å². The normalized spacial score (nSPS) is 10.3. The number of esters is 1. The second-order valence-electron chi connectivity index (χ2n) is 3.89. The largest absolute Gasteiger partial charge is 0.459 e. The van der Waals surface area contributed by atoms with E-state index in [4.69, 9.17) is 9.15 Å². The van der Waals surface area contributed by atoms with Crippen molar-refractivity contribution < 1.29 is 18.9 Å². The summed E-state index contributed by atoms with van der Waals surface area (Å²) in [5.74, 6) is -0.976. The standard InChI is InChI=1S/C12H11N3O5/c1-3-19-12(16)11-14-13-10(20-11)9-6-8(15(17)18)5-4-7(9)2/h4-6H,3H2,1-2H3. The number of hydrogen-bond acceptors (Lipinski definition) is 7. The monoisotopic (exact) mass is 277 g/mol. The lowest BCUT2D eigenvalue weighted by Crippen LogP contribution is -2.04. The predicted octanol–water partition coefficient (Wildman–Crippen LogP) is 2.13. The Morgan fingerprint density at radius 3 is 2.85 bits per heavy atom. The van der Waals surface area contributed by atoms with E-state index < -0.39 is 10.9 Å². The molecule has 2 rings (SSSR count). The van der Waals surface area contributed by atoms with Crippen LogP contribution in [0.2, 0.25) is 0 Å². The number of nitrogens with zero attached hydrogens (tertiary/aromatic N) is 3. The summed E-state index contributed by atoms with van der Waals surface area (Å²) in [6.07, 6.45) is 0. The van der Waals surface area contributed by atoms with Gasteiger partial charge in [0.05, 0.1) is 11.5 Å². The highest BCUT2D eigenvalue weighted by atomic mass is 16.6. The molecule has 0 radical (unpaired) electrons. The van der Waals surface area contributed by atoms with Crippen molar-refractivity contribution in [2.75, 3.05) is 6.61 Å². The maximum Gasteiger partial charge on any atom is 0.396 e. The van der Waals surface area contributed by atoms with Gasteiger partial charge in [0.15, 0.2) is 0 Å². The zero-order valence-corrected chi connectivity index (χ0v) is 10.8. The Bertz CT molecular complexity index is 665. The highest BCUT2D eigenvalue weighted by Gasteiger charge is 2.19. The number of carbonyl (C=O) groups is 1. The van der Waals surface area contributed by atoms with Crippen LogP contribution in [0.15, 0.2) is 22.6 Å². The first-order valence-electron chi connectivity index (χ1n) is 5.79. The molecule has 0 N–H and O–H groups in total. The van der Waals surface area contributed by atoms with Crippen molar-refractivity contribution in [3.8, 4) is 11.5 Å². The molecule has 0 atom stereocenters. The fraction of sp³-hybridized carbons (Fsp3) is 0.250. The molecule has 1 heterocycles. The quantitative estimate of drug-likeness (QED) is 0.478. The summed E-state index contributed by atoms with van der Waals surface area (Å²) in [6.45, 7) is 3.58. The molecule has 0 amide bonds. The highest BCUT2D eigenvalue weighted by Crippen LogP contribution is 2.26. The molecule has 104 valence electrons. The van der Waals surface area contributed by atoms with E-state index in [9.17, 15) is 14.9 Å². The van der Waals surface area contributed by atoms with Crippen molar-refractivity contribution in [2.45, 2.75) is 13.8 Å². The van der Waals surface area contributed by atoms with E-state index in [2.05, 4.69) is 10.2 Å². The van der Waals surface area contributed by atoms with Crippen LogP contribution in [-0.4, -0.2) is 27.7 Å². The van der Waals surface area contributed by atoms with Crippen molar-refractivity contribution in [2.24, 2.45) is 0 Å². The molecule has 0 saturated carbocycles. The Kier molecular flexibility index (Phi) is 3.74. The van der Waals surface area contributed by atoms with E-state index >= 15 is 0 Å². The fourth-order valence-electron chi connectivity index (χ4n) is 1.56. The van der Waals surface area contributed by atoms with Crippen LogP contribution in [0.4, 0.5) is 5.69 Å². The topological polar surface area (TPSA) is 108 Å². The summed E-state index contributed by atoms with van der Waals surface area (Å²) in [5.41, 5.74) is 1.03. The summed E-state index contributed by atoms with van der Waals surface area (Å²) in [6, 6.07) is 4.26. The number of non-ortho nitro benzene ring substituents is 1. The Morgan fingerprint density at radius 2 is 2.20 bits per heavy atom. The molecule has 8 nitrogen and oxygen atoms in total. The van der Waals surface area contributed by atoms with Crippen LogP contribution < -0.4 is 0 Å². The van der Waals surface area contributed by atoms with Crippen LogP contribution in [0.5, 0.6) is 0 Å². The minimum Gasteiger partial charge on any atom is -0.459 e. The van der Waals surface area contributed by atoms with E-state index in [0.29, 0.717) is 5.56 Å². The molecular formula is C12H11N3O5. The smallest absolute Gasteiger partial charge is 0.396 e. The van der Waals surface area contributed by atoms with Gasteiger partial charge in [-0.2, -0.15) is 0 Å². The lowest BCUT2D eigenvalue weighted by atomic mass is 10.1. The van der Waals surface area contributed by atoms with E-state index in [1.165, 1.54) is 12.1 Å². The first kappa shape index (κ1) is 13.7. The molecular weight excluding hydrogens is 266 g/mol. The Morgan fingerprint density at radius 1 is 1.45 bits per heavy atom. The van der Waals surface area contributed by atoms with Gasteiger partial charge in [-0.1, -0.05) is 6.07 Å². The fourth-order valence-corrected chi connectivity index (χ4v) is 1.56. The molecule has 8 heteroatoms. The van der Waals surface area contributed by atoms with E-state index in [1.807, 2.05) is 0 Å². The molecule has 0 bridgehead atoms. The number of benzene rings is 1. The molecule has 20 heavy (non-hydrogen) atoms. The van der Waals surface area contributed by atoms with Gasteiger partial charge in [-0.3, -0.25) is 10.1 Å². The number of nitro benzene ring substituents is 1. The highest BCUT2D eigenvalue weighted by molar-refractivity contribution is 5.84. The summed E-state index contributed by atoms with van der Waals surface area (Å²) >= 11 is 0. The van der Waals surface area contributed by atoms with Crippen molar-refractivity contribution in [3.63, 3.8) is 0 Å². The summed E-state index contributed by atoms with van der Waals surface area (Å²) in [7, 11) is 0. The van der Waals surface area contributed by atoms with Gasteiger partial charge < -0.3 is 9.15 Å². The summed E-state index contributed by atoms with van der Waals surface area (Å²) in [4.78, 5) is 21.7. The van der Waals surface area contributed by atoms with E-state index in [1.54, 1.807) is 19.9 Å². The number of carbonyl (C=O) groups excluding carboxylic acids is 1. The Hall–Kier alpha value is -2.77. The minimum atomic E-state index is -0.727. The predicted molar refractivity (Wildman–Crippen MR) is 67.1 cm³/mol. The molecule has 0 aliphatic rings. The van der Waals surface area contributed by atoms with Crippen LogP contribution in [0.1, 0.15) is 23.2 Å². The van der Waals surface area contributed by atoms with E-state index in [0.717, 1.165) is 5.56 Å². The molecule has 1 aromatic carbocycles. The number of aryl methyl sites for hydroxylation is 1. The van der Waals surface area contributed by atoms with Crippen LogP contribution in [-0.2, 0) is 4.74 Å². The Labute approximate surface area is 113 Å². The average molecular weight is 277 g/mol. The van der Waals surface area contributed by atoms with Crippen molar-refractivity contribution in [3.05, 3.63) is 39.8 Å². The summed E-state index contributed by atoms with van der Waals surface area (Å²) < 4.78 is 9.91. The second-order valence-corrected chi connectivity index (χ2v) is 3.89. The summed E-state index contributed by atoms with van der Waals surface area (Å²) in [5, 5.41) is 18.0. The van der Waals surface area contributed by atoms with Gasteiger partial charge in [0.1, 0.15) is 0 Å². The van der Waals surface area contributed by atoms with Crippen LogP contribution in [0.3, 0.4) is 0 Å². The maximum atomic E-state index is 11.4. The zero-order chi connectivity index (χ0) is 14.7. The maximum absolute atomic E-state index is 11.4. The number of nitro groups is 1. The van der Waals surface area contributed by atoms with Crippen LogP contribution in [0, 0.1) is 17.0 Å². The lowest BCUT2D eigenvalue weighted by molar-refractivity contribution is -0.384. The van der Waals surface area contributed by atoms with Crippen LogP contribution in [0.25, 0.3) is 11.5 Å². The van der Waals surface area contributed by atoms with Crippen molar-refractivity contribution in [1.29, 1.82) is 0 Å². The number of rotatable bonds is 4. The Balaban J connectivity index is 2.39. The van der Waals surface area contributed by atoms with Gasteiger partial charge in [-0.05, 0) is 19.4 Å². The van der Waals surface area contributed by atoms with Gasteiger partial charge in [-0.15, -0.1) is 10.2 Å². The molecule has 0 unspecified atom stereocenters. The van der Waals surface area contributed by atoms with Gasteiger partial charge in [0.25, 0.3) is 5.69 Å². The van der Waals surface area contributed by atoms with Gasteiger partial charge in [0, 0.05) is 17.7 Å². The molecule has 2 aromatic rings. The number of aromatic nitrogens is 2. The molecule has 0 aliphatic heterocycles. The first-order chi connectivity index (χ1) is 9.52. The van der Waals surface area contributed by atoms with Gasteiger partial charge in [0.2, 0.25) is 5.89 Å². The second kappa shape index (κ2) is 5.47.